The van der Waals surface area contributed by atoms with Crippen LogP contribution in [0.5, 0.6) is 17.2 Å². The number of hydrogen-bond donors (Lipinski definition) is 2. The van der Waals surface area contributed by atoms with Gasteiger partial charge in [0.05, 0.1) is 11.6 Å². The van der Waals surface area contributed by atoms with E-state index in [9.17, 15) is 24.2 Å². The number of carbonyl (C=O) groups excluding carboxylic acids is 2. The van der Waals surface area contributed by atoms with Gasteiger partial charge >= 0.3 is 0 Å². The predicted molar refractivity (Wildman–Crippen MR) is 117 cm³/mol. The Morgan fingerprint density at radius 2 is 1.67 bits per heavy atom. The van der Waals surface area contributed by atoms with Gasteiger partial charge in [0.25, 0.3) is 11.7 Å². The number of halogens is 1. The molecule has 1 amide bonds. The smallest absolute Gasteiger partial charge is 0.300 e. The molecule has 0 saturated carbocycles. The van der Waals surface area contributed by atoms with E-state index in [1.807, 2.05) is 0 Å². The van der Waals surface area contributed by atoms with Crippen molar-refractivity contribution in [2.24, 2.45) is 0 Å². The summed E-state index contributed by atoms with van der Waals surface area (Å²) in [6, 6.07) is 14.8. The van der Waals surface area contributed by atoms with Gasteiger partial charge in [-0.15, -0.1) is 0 Å². The Hall–Kier alpha value is -4.33. The second kappa shape index (κ2) is 7.98. The molecule has 0 radical (unpaired) electrons. The Bertz CT molecular complexity index is 1300. The molecule has 0 bridgehead atoms. The van der Waals surface area contributed by atoms with Crippen molar-refractivity contribution in [3.63, 3.8) is 0 Å². The molecule has 7 nitrogen and oxygen atoms in total. The lowest BCUT2D eigenvalue weighted by atomic mass is 9.95. The third-order valence-corrected chi connectivity index (χ3v) is 5.55. The summed E-state index contributed by atoms with van der Waals surface area (Å²) in [7, 11) is 0. The molecule has 0 aliphatic carbocycles. The van der Waals surface area contributed by atoms with Gasteiger partial charge in [0.1, 0.15) is 30.5 Å². The zero-order chi connectivity index (χ0) is 23.1. The van der Waals surface area contributed by atoms with E-state index >= 15 is 0 Å². The molecule has 5 rings (SSSR count). The summed E-state index contributed by atoms with van der Waals surface area (Å²) in [4.78, 5) is 27.4. The van der Waals surface area contributed by atoms with Crippen LogP contribution >= 0.6 is 0 Å². The standard InChI is InChI=1S/C25H18FNO6/c26-16-5-7-17(8-6-16)27-22(14-2-1-3-18(28)12-14)21(24(30)25(27)31)23(29)15-4-9-19-20(13-15)33-11-10-32-19/h1-9,12-13,22,28-29H,10-11H2/b23-21-. The minimum Gasteiger partial charge on any atom is -0.508 e. The molecule has 0 spiro atoms. The number of aliphatic hydroxyl groups excluding tert-OH is 1. The summed E-state index contributed by atoms with van der Waals surface area (Å²) in [6.45, 7) is 0.744. The summed E-state index contributed by atoms with van der Waals surface area (Å²) in [5, 5.41) is 21.2. The maximum Gasteiger partial charge on any atom is 0.300 e. The Kier molecular flexibility index (Phi) is 4.97. The number of benzene rings is 3. The number of rotatable bonds is 3. The van der Waals surface area contributed by atoms with Gasteiger partial charge in [-0.25, -0.2) is 4.39 Å². The maximum absolute atomic E-state index is 13.5. The van der Waals surface area contributed by atoms with Gasteiger partial charge in [-0.2, -0.15) is 0 Å². The number of amides is 1. The summed E-state index contributed by atoms with van der Waals surface area (Å²) < 4.78 is 24.6. The fraction of sp³-hybridized carbons (Fsp3) is 0.120. The molecule has 2 heterocycles. The minimum atomic E-state index is -1.05. The van der Waals surface area contributed by atoms with E-state index in [0.717, 1.165) is 0 Å². The summed E-state index contributed by atoms with van der Waals surface area (Å²) >= 11 is 0. The zero-order valence-corrected chi connectivity index (χ0v) is 17.2. The number of nitrogens with zero attached hydrogens (tertiary/aromatic N) is 1. The van der Waals surface area contributed by atoms with Crippen molar-refractivity contribution in [2.75, 3.05) is 18.1 Å². The predicted octanol–water partition coefficient (Wildman–Crippen LogP) is 3.93. The highest BCUT2D eigenvalue weighted by molar-refractivity contribution is 6.51. The molecule has 3 aromatic rings. The van der Waals surface area contributed by atoms with Crippen LogP contribution in [0.4, 0.5) is 10.1 Å². The van der Waals surface area contributed by atoms with E-state index in [0.29, 0.717) is 30.3 Å². The van der Waals surface area contributed by atoms with Crippen LogP contribution in [0, 0.1) is 5.82 Å². The number of Topliss-reactive ketones (excluding diaryl/α,β-unsaturated/α-hetero) is 1. The third kappa shape index (κ3) is 3.55. The largest absolute Gasteiger partial charge is 0.508 e. The molecule has 3 aromatic carbocycles. The van der Waals surface area contributed by atoms with Gasteiger partial charge in [-0.05, 0) is 60.2 Å². The van der Waals surface area contributed by atoms with Gasteiger partial charge in [0.2, 0.25) is 0 Å². The molecule has 2 N–H and O–H groups in total. The SMILES string of the molecule is O=C1C(=O)N(c2ccc(F)cc2)C(c2cccc(O)c2)/C1=C(/O)c1ccc2c(c1)OCCO2. The first kappa shape index (κ1) is 20.6. The maximum atomic E-state index is 13.5. The molecule has 2 aliphatic heterocycles. The van der Waals surface area contributed by atoms with E-state index in [2.05, 4.69) is 0 Å². The number of carbonyl (C=O) groups is 2. The number of aliphatic hydroxyl groups is 1. The number of ketones is 1. The van der Waals surface area contributed by atoms with Crippen LogP contribution in [-0.2, 0) is 9.59 Å². The number of phenolic OH excluding ortho intramolecular Hbond substituents is 1. The quantitative estimate of drug-likeness (QED) is 0.359. The van der Waals surface area contributed by atoms with Crippen molar-refractivity contribution >= 4 is 23.1 Å². The van der Waals surface area contributed by atoms with Gasteiger partial charge in [-0.1, -0.05) is 12.1 Å². The molecule has 33 heavy (non-hydrogen) atoms. The average Bonchev–Trinajstić information content (AvgIpc) is 3.09. The van der Waals surface area contributed by atoms with Crippen LogP contribution in [0.1, 0.15) is 17.2 Å². The third-order valence-electron chi connectivity index (χ3n) is 5.55. The number of phenols is 1. The van der Waals surface area contributed by atoms with Crippen LogP contribution in [0.15, 0.2) is 72.3 Å². The van der Waals surface area contributed by atoms with Crippen molar-refractivity contribution in [1.29, 1.82) is 0 Å². The molecule has 8 heteroatoms. The van der Waals surface area contributed by atoms with E-state index in [1.54, 1.807) is 24.3 Å². The normalized spacial score (nSPS) is 19.1. The fourth-order valence-electron chi connectivity index (χ4n) is 4.06. The molecular weight excluding hydrogens is 429 g/mol. The highest BCUT2D eigenvalue weighted by Gasteiger charge is 2.47. The Balaban J connectivity index is 1.70. The van der Waals surface area contributed by atoms with Crippen LogP contribution < -0.4 is 14.4 Å². The van der Waals surface area contributed by atoms with Crippen LogP contribution in [0.25, 0.3) is 5.76 Å². The van der Waals surface area contributed by atoms with Crippen LogP contribution in [0.2, 0.25) is 0 Å². The van der Waals surface area contributed by atoms with Gasteiger partial charge in [0.15, 0.2) is 11.5 Å². The van der Waals surface area contributed by atoms with E-state index in [4.69, 9.17) is 9.47 Å². The molecular formula is C25H18FNO6. The van der Waals surface area contributed by atoms with E-state index in [-0.39, 0.29) is 22.6 Å². The first-order valence-corrected chi connectivity index (χ1v) is 10.2. The van der Waals surface area contributed by atoms with E-state index < -0.39 is 29.3 Å². The van der Waals surface area contributed by atoms with Crippen molar-refractivity contribution < 1.29 is 33.7 Å². The summed E-state index contributed by atoms with van der Waals surface area (Å²) in [6.07, 6.45) is 0. The van der Waals surface area contributed by atoms with Crippen LogP contribution in [0.3, 0.4) is 0 Å². The van der Waals surface area contributed by atoms with Crippen molar-refractivity contribution in [3.05, 3.63) is 89.2 Å². The van der Waals surface area contributed by atoms with Crippen LogP contribution in [-0.4, -0.2) is 35.1 Å². The number of hydrogen-bond acceptors (Lipinski definition) is 6. The molecule has 166 valence electrons. The Morgan fingerprint density at radius 1 is 0.939 bits per heavy atom. The molecule has 2 aliphatic rings. The zero-order valence-electron chi connectivity index (χ0n) is 17.2. The lowest BCUT2D eigenvalue weighted by Crippen LogP contribution is -2.29. The Labute approximate surface area is 187 Å². The molecule has 1 fully saturated rings. The Morgan fingerprint density at radius 3 is 2.39 bits per heavy atom. The number of aromatic hydroxyl groups is 1. The highest BCUT2D eigenvalue weighted by atomic mass is 19.1. The fourth-order valence-corrected chi connectivity index (χ4v) is 4.06. The lowest BCUT2D eigenvalue weighted by Gasteiger charge is -2.25. The number of fused-ring (bicyclic) bond motifs is 1. The highest BCUT2D eigenvalue weighted by Crippen LogP contribution is 2.43. The summed E-state index contributed by atoms with van der Waals surface area (Å²) in [5.74, 6) is -1.84. The molecule has 0 aromatic heterocycles. The van der Waals surface area contributed by atoms with Crippen molar-refractivity contribution in [2.45, 2.75) is 6.04 Å². The average molecular weight is 447 g/mol. The minimum absolute atomic E-state index is 0.0727. The first-order chi connectivity index (χ1) is 15.9. The molecule has 1 unspecified atom stereocenters. The van der Waals surface area contributed by atoms with Crippen molar-refractivity contribution in [3.8, 4) is 17.2 Å². The second-order valence-corrected chi connectivity index (χ2v) is 7.60. The van der Waals surface area contributed by atoms with Gasteiger partial charge < -0.3 is 19.7 Å². The molecule has 1 saturated heterocycles. The number of anilines is 1. The number of ether oxygens (including phenoxy) is 2. The first-order valence-electron chi connectivity index (χ1n) is 10.2. The molecule has 1 atom stereocenters. The monoisotopic (exact) mass is 447 g/mol. The van der Waals surface area contributed by atoms with Crippen molar-refractivity contribution in [1.82, 2.24) is 0 Å². The summed E-state index contributed by atoms with van der Waals surface area (Å²) in [5.41, 5.74) is 0.777. The van der Waals surface area contributed by atoms with Gasteiger partial charge in [0, 0.05) is 11.3 Å². The van der Waals surface area contributed by atoms with Gasteiger partial charge in [-0.3, -0.25) is 14.5 Å². The lowest BCUT2D eigenvalue weighted by molar-refractivity contribution is -0.132. The second-order valence-electron chi connectivity index (χ2n) is 7.60. The van der Waals surface area contributed by atoms with E-state index in [1.165, 1.54) is 47.4 Å². The topological polar surface area (TPSA) is 96.3 Å².